The third-order valence-corrected chi connectivity index (χ3v) is 21.4. The molecule has 0 radical (unpaired) electrons. The van der Waals surface area contributed by atoms with Crippen LogP contribution in [0.1, 0.15) is 77.2 Å². The molecular formula is C100H96Cl5F6N11O13. The summed E-state index contributed by atoms with van der Waals surface area (Å²) in [4.78, 5) is 70.5. The van der Waals surface area contributed by atoms with E-state index in [1.807, 2.05) is 166 Å². The van der Waals surface area contributed by atoms with E-state index in [2.05, 4.69) is 45.6 Å². The Morgan fingerprint density at radius 3 is 1.22 bits per heavy atom. The fourth-order valence-corrected chi connectivity index (χ4v) is 14.7. The SMILES string of the molecule is C1COCCN1.Cc1ccc(NC(=O)c2cccc(C(F)(F)F)c2)cc1-c1cc(OCc2ccccc2)cc(N2CCOCC2)n1.Cc1ccc(NC(=O)c2cccc(C(F)(F)F)c2)cc1C1=CC(=O)C=C(N2CCOCC2)C1.Clc1cc(OCc2ccccc2)cc(Cl)n1.Clc1cc(OCc2ccccc2)cc(N2CCOCC2)n1.O=[N+]([O-])c1cc(Cl)nc(Cl)c1.OCc1ccccc1. The number of hydrogen-bond acceptors (Lipinski definition) is 21. The second kappa shape index (κ2) is 52.3. The Hall–Kier alpha value is -12.6. The molecule has 135 heavy (non-hydrogen) atoms. The van der Waals surface area contributed by atoms with Crippen molar-refractivity contribution < 1.29 is 83.9 Å². The molecular weight excluding hydrogens is 1850 g/mol. The molecule has 0 saturated carbocycles. The molecule has 24 nitrogen and oxygen atoms in total. The molecule has 4 aliphatic heterocycles. The Balaban J connectivity index is 0.000000164. The lowest BCUT2D eigenvalue weighted by Gasteiger charge is -2.32. The quantitative estimate of drug-likeness (QED) is 0.0239. The van der Waals surface area contributed by atoms with Crippen LogP contribution in [0.15, 0.2) is 273 Å². The first-order valence-electron chi connectivity index (χ1n) is 42.6. The van der Waals surface area contributed by atoms with Crippen LogP contribution in [0.3, 0.4) is 0 Å². The zero-order chi connectivity index (χ0) is 96.1. The van der Waals surface area contributed by atoms with Crippen molar-refractivity contribution in [1.29, 1.82) is 0 Å². The van der Waals surface area contributed by atoms with Gasteiger partial charge in [0, 0.05) is 135 Å². The Morgan fingerprint density at radius 2 is 0.822 bits per heavy atom. The summed E-state index contributed by atoms with van der Waals surface area (Å²) in [6, 6.07) is 71.5. The van der Waals surface area contributed by atoms with Crippen LogP contribution in [0.25, 0.3) is 16.8 Å². The van der Waals surface area contributed by atoms with E-state index in [1.165, 1.54) is 24.3 Å². The van der Waals surface area contributed by atoms with Gasteiger partial charge in [-0.1, -0.05) is 204 Å². The normalized spacial score (nSPS) is 14.1. The molecule has 17 rings (SSSR count). The second-order valence-corrected chi connectivity index (χ2v) is 32.3. The van der Waals surface area contributed by atoms with Crippen LogP contribution in [0, 0.1) is 24.0 Å². The number of benzene rings is 8. The number of morpholine rings is 4. The molecule has 12 aromatic rings. The number of pyridine rings is 4. The second-order valence-electron chi connectivity index (χ2n) is 30.3. The van der Waals surface area contributed by atoms with Gasteiger partial charge in [-0.25, -0.2) is 19.9 Å². The molecule has 706 valence electrons. The van der Waals surface area contributed by atoms with Gasteiger partial charge in [0.15, 0.2) is 5.78 Å². The Kier molecular flexibility index (Phi) is 39.9. The summed E-state index contributed by atoms with van der Waals surface area (Å²) in [6.45, 7) is 17.5. The lowest BCUT2D eigenvalue weighted by Crippen LogP contribution is -2.36. The summed E-state index contributed by atoms with van der Waals surface area (Å²) in [5.74, 6) is 2.22. The molecule has 4 aromatic heterocycles. The number of nitrogens with zero attached hydrogens (tertiary/aromatic N) is 8. The number of anilines is 4. The highest BCUT2D eigenvalue weighted by molar-refractivity contribution is 6.33. The van der Waals surface area contributed by atoms with Gasteiger partial charge in [0.05, 0.1) is 93.3 Å². The van der Waals surface area contributed by atoms with Gasteiger partial charge in [0.25, 0.3) is 17.5 Å². The van der Waals surface area contributed by atoms with Crippen molar-refractivity contribution in [2.24, 2.45) is 0 Å². The predicted molar refractivity (Wildman–Crippen MR) is 511 cm³/mol. The Morgan fingerprint density at radius 1 is 0.444 bits per heavy atom. The summed E-state index contributed by atoms with van der Waals surface area (Å²) in [5.41, 5.74) is 8.83. The van der Waals surface area contributed by atoms with Gasteiger partial charge in [-0.2, -0.15) is 26.3 Å². The molecule has 0 bridgehead atoms. The number of ether oxygens (including phenoxy) is 7. The predicted octanol–water partition coefficient (Wildman–Crippen LogP) is 21.8. The summed E-state index contributed by atoms with van der Waals surface area (Å²) in [6.07, 6.45) is -5.27. The molecule has 0 spiro atoms. The number of aliphatic hydroxyl groups excluding tert-OH is 1. The molecule has 1 aliphatic carbocycles. The Labute approximate surface area is 801 Å². The smallest absolute Gasteiger partial charge is 0.416 e. The van der Waals surface area contributed by atoms with E-state index in [4.69, 9.17) is 101 Å². The van der Waals surface area contributed by atoms with E-state index in [1.54, 1.807) is 54.6 Å². The van der Waals surface area contributed by atoms with Crippen LogP contribution in [-0.4, -0.2) is 158 Å². The van der Waals surface area contributed by atoms with Crippen LogP contribution in [0.4, 0.5) is 55.0 Å². The highest BCUT2D eigenvalue weighted by atomic mass is 35.5. The molecule has 8 aromatic carbocycles. The highest BCUT2D eigenvalue weighted by Gasteiger charge is 2.33. The first-order chi connectivity index (χ1) is 65.0. The van der Waals surface area contributed by atoms with E-state index >= 15 is 0 Å². The molecule has 4 saturated heterocycles. The van der Waals surface area contributed by atoms with Crippen molar-refractivity contribution in [2.45, 2.75) is 59.0 Å². The lowest BCUT2D eigenvalue weighted by atomic mass is 9.91. The van der Waals surface area contributed by atoms with Crippen molar-refractivity contribution in [3.8, 4) is 28.5 Å². The fraction of sp³-hybridized carbons (Fsp3) is 0.250. The van der Waals surface area contributed by atoms with E-state index in [-0.39, 0.29) is 39.5 Å². The minimum atomic E-state index is -4.54. The molecule has 0 unspecified atom stereocenters. The minimum Gasteiger partial charge on any atom is -0.489 e. The van der Waals surface area contributed by atoms with Crippen LogP contribution in [-0.2, 0) is 62.5 Å². The van der Waals surface area contributed by atoms with Crippen LogP contribution in [0.5, 0.6) is 17.2 Å². The number of aliphatic hydroxyl groups is 1. The highest BCUT2D eigenvalue weighted by Crippen LogP contribution is 2.37. The first-order valence-corrected chi connectivity index (χ1v) is 44.5. The maximum absolute atomic E-state index is 13.1. The number of aromatic nitrogens is 4. The van der Waals surface area contributed by atoms with E-state index < -0.39 is 40.2 Å². The maximum Gasteiger partial charge on any atom is 0.416 e. The number of nitro groups is 1. The number of allylic oxidation sites excluding steroid dienone is 3. The number of carbonyl (C=O) groups excluding carboxylic acids is 3. The number of aryl methyl sites for hydroxylation is 2. The number of nitrogens with one attached hydrogen (secondary N) is 3. The van der Waals surface area contributed by atoms with E-state index in [0.717, 1.165) is 162 Å². The van der Waals surface area contributed by atoms with Crippen molar-refractivity contribution in [2.75, 3.05) is 126 Å². The van der Waals surface area contributed by atoms with Gasteiger partial charge in [-0.05, 0) is 125 Å². The van der Waals surface area contributed by atoms with Crippen molar-refractivity contribution in [1.82, 2.24) is 30.2 Å². The van der Waals surface area contributed by atoms with Gasteiger partial charge in [0.2, 0.25) is 0 Å². The molecule has 4 fully saturated rings. The number of ketones is 1. The number of amides is 2. The number of rotatable bonds is 20. The largest absolute Gasteiger partial charge is 0.489 e. The van der Waals surface area contributed by atoms with Crippen LogP contribution in [0.2, 0.25) is 25.8 Å². The van der Waals surface area contributed by atoms with Gasteiger partial charge in [-0.15, -0.1) is 0 Å². The summed E-state index contributed by atoms with van der Waals surface area (Å²) in [7, 11) is 0. The molecule has 4 N–H and O–H groups in total. The summed E-state index contributed by atoms with van der Waals surface area (Å²) >= 11 is 28.4. The number of alkyl halides is 6. The monoisotopic (exact) mass is 1950 g/mol. The van der Waals surface area contributed by atoms with E-state index in [0.29, 0.717) is 123 Å². The third-order valence-electron chi connectivity index (χ3n) is 20.5. The standard InChI is InChI=1S/C31H28F3N3O3.C25H23F3N2O3.C16H17ClN2O2.C12H9Cl2NO.C7H8O.C5H2Cl2N2O2.C4H9NO/c1-21-10-11-25(35-30(38)23-8-5-9-24(16-23)31(32,33)34)17-27(21)28-18-26(40-20-22-6-3-2-4-7-22)19-29(36-28)37-12-14-39-15-13-37;1-16-5-6-20(29-24(32)17-3-2-4-19(11-17)25(26,27)28)14-23(16)18-12-21(15-22(31)13-18)30-7-9-33-10-8-30;17-15-10-14(21-12-13-4-2-1-3-5-13)11-16(18-15)19-6-8-20-9-7-19;13-11-6-10(7-12(14)15-11)16-8-9-4-2-1-3-5-9;8-6-7-4-2-1-3-5-7;6-4-1-3(9(10)11)2-5(7)8-4;1-3-6-4-2-5-1/h2-11,16-19H,12-15,20H2,1H3,(H,35,38);2-6,11,13-15H,7-10,12H2,1H3,(H,29,32);1-5,10-11H,6-9,12H2;1-7H,8H2;1-5,8H,6H2;1-2H;5H,1-4H2. The number of carbonyl (C=O) groups is 3. The van der Waals surface area contributed by atoms with Gasteiger partial charge in [-0.3, -0.25) is 24.5 Å². The van der Waals surface area contributed by atoms with Crippen molar-refractivity contribution >= 4 is 110 Å². The Bertz CT molecular complexity index is 5900. The van der Waals surface area contributed by atoms with Gasteiger partial charge >= 0.3 is 12.4 Å². The minimum absolute atomic E-state index is 0.0178. The molecule has 2 amide bonds. The van der Waals surface area contributed by atoms with Crippen molar-refractivity contribution in [3.63, 3.8) is 0 Å². The third kappa shape index (κ3) is 34.4. The van der Waals surface area contributed by atoms with Crippen LogP contribution < -0.4 is 40.0 Å². The molecule has 35 heteroatoms. The summed E-state index contributed by atoms with van der Waals surface area (Å²) in [5, 5.41) is 28.4. The number of hydrogen-bond donors (Lipinski definition) is 4. The number of halogens is 11. The maximum atomic E-state index is 13.1. The zero-order valence-corrected chi connectivity index (χ0v) is 77.1. The topological polar surface area (TPSA) is 277 Å². The van der Waals surface area contributed by atoms with E-state index in [9.17, 15) is 50.8 Å². The zero-order valence-electron chi connectivity index (χ0n) is 73.3. The molecule has 5 aliphatic rings. The first kappa shape index (κ1) is 103. The fourth-order valence-electron chi connectivity index (χ4n) is 13.6. The van der Waals surface area contributed by atoms with Crippen molar-refractivity contribution in [3.05, 3.63) is 370 Å². The molecule has 0 atom stereocenters. The molecule has 8 heterocycles. The van der Waals surface area contributed by atoms with Gasteiger partial charge < -0.3 is 68.9 Å². The van der Waals surface area contributed by atoms with Gasteiger partial charge in [0.1, 0.15) is 74.5 Å². The average Bonchev–Trinajstić information content (AvgIpc) is 0.801. The summed E-state index contributed by atoms with van der Waals surface area (Å²) < 4.78 is 117. The average molecular weight is 1950 g/mol. The lowest BCUT2D eigenvalue weighted by molar-refractivity contribution is -0.384. The van der Waals surface area contributed by atoms with Crippen LogP contribution >= 0.6 is 58.0 Å².